The minimum atomic E-state index is -3.16. The van der Waals surface area contributed by atoms with Crippen molar-refractivity contribution in [3.05, 3.63) is 23.8 Å². The molecule has 1 aromatic rings. The Bertz CT molecular complexity index is 812. The number of methoxy groups -OCH3 is 2. The first kappa shape index (κ1) is 24.3. The van der Waals surface area contributed by atoms with Crippen molar-refractivity contribution in [3.8, 4) is 11.5 Å². The summed E-state index contributed by atoms with van der Waals surface area (Å²) < 4.78 is 34.5. The molecule has 0 aromatic heterocycles. The van der Waals surface area contributed by atoms with Crippen LogP contribution in [0.15, 0.2) is 23.2 Å². The Morgan fingerprint density at radius 3 is 2.37 bits per heavy atom. The van der Waals surface area contributed by atoms with Crippen molar-refractivity contribution in [2.45, 2.75) is 44.5 Å². The zero-order chi connectivity index (χ0) is 22.4. The van der Waals surface area contributed by atoms with E-state index in [1.54, 1.807) is 42.0 Å². The van der Waals surface area contributed by atoms with Crippen molar-refractivity contribution in [1.29, 1.82) is 0 Å². The van der Waals surface area contributed by atoms with Gasteiger partial charge in [-0.2, -0.15) is 0 Å². The Morgan fingerprint density at radius 1 is 1.20 bits per heavy atom. The summed E-state index contributed by atoms with van der Waals surface area (Å²) in [6.45, 7) is 8.15. The van der Waals surface area contributed by atoms with Gasteiger partial charge in [0.25, 0.3) is 0 Å². The fourth-order valence-corrected chi connectivity index (χ4v) is 4.29. The molecule has 1 aliphatic rings. The molecule has 1 heterocycles. The Labute approximate surface area is 181 Å². The highest BCUT2D eigenvalue weighted by molar-refractivity contribution is 7.92. The molecular weight excluding hydrogens is 404 g/mol. The molecule has 0 radical (unpaired) electrons. The molecule has 2 N–H and O–H groups in total. The summed E-state index contributed by atoms with van der Waals surface area (Å²) in [5.41, 5.74) is 1.14. The van der Waals surface area contributed by atoms with E-state index in [4.69, 9.17) is 9.47 Å². The fraction of sp³-hybridized carbons (Fsp3) is 0.667. The van der Waals surface area contributed by atoms with Gasteiger partial charge in [0.1, 0.15) is 11.5 Å². The SMILES string of the molecule is CN=C(NCCS(=O)(=O)C(C)(C)C)NC1CCN(Cc2cc(OC)cc(OC)c2)C1. The van der Waals surface area contributed by atoms with Crippen LogP contribution in [0.25, 0.3) is 0 Å². The molecule has 0 spiro atoms. The highest BCUT2D eigenvalue weighted by atomic mass is 32.2. The first-order valence-corrected chi connectivity index (χ1v) is 11.9. The van der Waals surface area contributed by atoms with Crippen molar-refractivity contribution < 1.29 is 17.9 Å². The average molecular weight is 441 g/mol. The number of ether oxygens (including phenoxy) is 2. The molecule has 1 aliphatic heterocycles. The van der Waals surface area contributed by atoms with Gasteiger partial charge in [0, 0.05) is 45.3 Å². The van der Waals surface area contributed by atoms with E-state index in [0.717, 1.165) is 43.1 Å². The van der Waals surface area contributed by atoms with Crippen LogP contribution in [-0.4, -0.2) is 76.7 Å². The molecule has 1 fully saturated rings. The minimum Gasteiger partial charge on any atom is -0.497 e. The van der Waals surface area contributed by atoms with Crippen molar-refractivity contribution in [2.24, 2.45) is 4.99 Å². The normalized spacial score (nSPS) is 18.3. The van der Waals surface area contributed by atoms with Crippen molar-refractivity contribution in [3.63, 3.8) is 0 Å². The lowest BCUT2D eigenvalue weighted by molar-refractivity contribution is 0.321. The number of nitrogens with one attached hydrogen (secondary N) is 2. The molecule has 9 heteroatoms. The molecule has 30 heavy (non-hydrogen) atoms. The van der Waals surface area contributed by atoms with Crippen molar-refractivity contribution >= 4 is 15.8 Å². The third-order valence-electron chi connectivity index (χ3n) is 5.25. The fourth-order valence-electron chi connectivity index (χ4n) is 3.31. The topological polar surface area (TPSA) is 92.3 Å². The number of hydrogen-bond donors (Lipinski definition) is 2. The maximum absolute atomic E-state index is 12.2. The molecule has 0 aliphatic carbocycles. The van der Waals surface area contributed by atoms with Gasteiger partial charge in [-0.05, 0) is 44.9 Å². The van der Waals surface area contributed by atoms with E-state index < -0.39 is 14.6 Å². The van der Waals surface area contributed by atoms with Gasteiger partial charge in [-0.25, -0.2) is 8.42 Å². The van der Waals surface area contributed by atoms with Crippen LogP contribution in [0, 0.1) is 0 Å². The zero-order valence-electron chi connectivity index (χ0n) is 19.0. The van der Waals surface area contributed by atoms with E-state index >= 15 is 0 Å². The third kappa shape index (κ3) is 6.77. The van der Waals surface area contributed by atoms with E-state index in [2.05, 4.69) is 20.5 Å². The van der Waals surface area contributed by atoms with Gasteiger partial charge in [0.15, 0.2) is 15.8 Å². The van der Waals surface area contributed by atoms with Gasteiger partial charge in [-0.3, -0.25) is 9.89 Å². The van der Waals surface area contributed by atoms with E-state index in [1.807, 2.05) is 18.2 Å². The van der Waals surface area contributed by atoms with Crippen LogP contribution in [0.4, 0.5) is 0 Å². The van der Waals surface area contributed by atoms with Gasteiger partial charge >= 0.3 is 0 Å². The minimum absolute atomic E-state index is 0.0751. The molecule has 0 bridgehead atoms. The quantitative estimate of drug-likeness (QED) is 0.469. The van der Waals surface area contributed by atoms with Crippen LogP contribution in [-0.2, 0) is 16.4 Å². The summed E-state index contributed by atoms with van der Waals surface area (Å²) in [5.74, 6) is 2.28. The maximum Gasteiger partial charge on any atom is 0.191 e. The summed E-state index contributed by atoms with van der Waals surface area (Å²) in [4.78, 5) is 6.60. The zero-order valence-corrected chi connectivity index (χ0v) is 19.8. The predicted octanol–water partition coefficient (Wildman–Crippen LogP) is 1.66. The molecular formula is C21H36N4O4S. The van der Waals surface area contributed by atoms with Crippen LogP contribution >= 0.6 is 0 Å². The van der Waals surface area contributed by atoms with Crippen LogP contribution in [0.2, 0.25) is 0 Å². The van der Waals surface area contributed by atoms with Crippen LogP contribution < -0.4 is 20.1 Å². The number of hydrogen-bond acceptors (Lipinski definition) is 6. The lowest BCUT2D eigenvalue weighted by Gasteiger charge is -2.21. The molecule has 2 rings (SSSR count). The number of sulfone groups is 1. The highest BCUT2D eigenvalue weighted by Gasteiger charge is 2.28. The highest BCUT2D eigenvalue weighted by Crippen LogP contribution is 2.24. The van der Waals surface area contributed by atoms with Crippen LogP contribution in [0.5, 0.6) is 11.5 Å². The van der Waals surface area contributed by atoms with Gasteiger partial charge in [0.2, 0.25) is 0 Å². The predicted molar refractivity (Wildman–Crippen MR) is 121 cm³/mol. The lowest BCUT2D eigenvalue weighted by Crippen LogP contribution is -2.46. The smallest absolute Gasteiger partial charge is 0.191 e. The molecule has 0 saturated carbocycles. The van der Waals surface area contributed by atoms with Gasteiger partial charge in [0.05, 0.1) is 24.7 Å². The third-order valence-corrected chi connectivity index (χ3v) is 7.86. The average Bonchev–Trinajstić information content (AvgIpc) is 3.12. The van der Waals surface area contributed by atoms with Crippen LogP contribution in [0.1, 0.15) is 32.8 Å². The Balaban J connectivity index is 1.85. The lowest BCUT2D eigenvalue weighted by atomic mass is 10.2. The first-order valence-electron chi connectivity index (χ1n) is 10.2. The standard InChI is InChI=1S/C21H36N4O4S/c1-21(2,3)30(26,27)10-8-23-20(22-4)24-17-7-9-25(15-17)14-16-11-18(28-5)13-19(12-16)29-6/h11-13,17H,7-10,14-15H2,1-6H3,(H2,22,23,24). The van der Waals surface area contributed by atoms with E-state index in [9.17, 15) is 8.42 Å². The van der Waals surface area contributed by atoms with Gasteiger partial charge in [-0.15, -0.1) is 0 Å². The summed E-state index contributed by atoms with van der Waals surface area (Å²) in [7, 11) is 1.84. The van der Waals surface area contributed by atoms with E-state index in [1.165, 1.54) is 0 Å². The summed E-state index contributed by atoms with van der Waals surface area (Å²) in [6, 6.07) is 6.18. The van der Waals surface area contributed by atoms with E-state index in [-0.39, 0.29) is 11.8 Å². The summed E-state index contributed by atoms with van der Waals surface area (Å²) >= 11 is 0. The molecule has 1 unspecified atom stereocenters. The number of guanidine groups is 1. The number of likely N-dealkylation sites (tertiary alicyclic amines) is 1. The second kappa shape index (κ2) is 10.3. The number of rotatable bonds is 8. The van der Waals surface area contributed by atoms with Crippen LogP contribution in [0.3, 0.4) is 0 Å². The maximum atomic E-state index is 12.2. The second-order valence-electron chi connectivity index (χ2n) is 8.52. The molecule has 0 amide bonds. The number of aliphatic imine (C=N–C) groups is 1. The van der Waals surface area contributed by atoms with Gasteiger partial charge < -0.3 is 20.1 Å². The number of benzene rings is 1. The molecule has 1 aromatic carbocycles. The second-order valence-corrected chi connectivity index (χ2v) is 11.4. The largest absolute Gasteiger partial charge is 0.497 e. The molecule has 8 nitrogen and oxygen atoms in total. The van der Waals surface area contributed by atoms with E-state index in [0.29, 0.717) is 12.5 Å². The van der Waals surface area contributed by atoms with Crippen molar-refractivity contribution in [2.75, 3.05) is 46.7 Å². The Hall–Kier alpha value is -2.00. The molecule has 1 atom stereocenters. The summed E-state index contributed by atoms with van der Waals surface area (Å²) in [6.07, 6.45) is 0.988. The molecule has 170 valence electrons. The molecule has 1 saturated heterocycles. The first-order chi connectivity index (χ1) is 14.1. The number of nitrogens with zero attached hydrogens (tertiary/aromatic N) is 2. The Kier molecular flexibility index (Phi) is 8.37. The van der Waals surface area contributed by atoms with Gasteiger partial charge in [-0.1, -0.05) is 0 Å². The summed E-state index contributed by atoms with van der Waals surface area (Å²) in [5, 5.41) is 6.53. The van der Waals surface area contributed by atoms with Crippen molar-refractivity contribution in [1.82, 2.24) is 15.5 Å². The Morgan fingerprint density at radius 2 is 1.83 bits per heavy atom. The monoisotopic (exact) mass is 440 g/mol.